The summed E-state index contributed by atoms with van der Waals surface area (Å²) in [7, 11) is 1.59. The quantitative estimate of drug-likeness (QED) is 0.638. The molecule has 0 bridgehead atoms. The SMILES string of the molecule is COc1ccc(-c2ccc(-n3c(C[C@@H]4CCN(C(=O)C(C)(C)C)C4)n[nH]c3=O)c(F)c2)cc1. The molecule has 0 radical (unpaired) electrons. The van der Waals surface area contributed by atoms with Crippen molar-refractivity contribution in [2.75, 3.05) is 20.2 Å². The number of benzene rings is 2. The Bertz CT molecular complexity index is 1210. The van der Waals surface area contributed by atoms with E-state index in [4.69, 9.17) is 4.74 Å². The molecule has 0 aliphatic carbocycles. The van der Waals surface area contributed by atoms with E-state index >= 15 is 4.39 Å². The third kappa shape index (κ3) is 4.69. The monoisotopic (exact) mass is 452 g/mol. The Morgan fingerprint density at radius 1 is 1.18 bits per heavy atom. The largest absolute Gasteiger partial charge is 0.497 e. The molecule has 1 N–H and O–H groups in total. The van der Waals surface area contributed by atoms with Gasteiger partial charge in [-0.05, 0) is 47.7 Å². The topological polar surface area (TPSA) is 80.2 Å². The molecule has 2 aromatic carbocycles. The van der Waals surface area contributed by atoms with E-state index in [2.05, 4.69) is 10.2 Å². The summed E-state index contributed by atoms with van der Waals surface area (Å²) in [5.41, 5.74) is 0.779. The normalized spacial score (nSPS) is 16.3. The highest BCUT2D eigenvalue weighted by Gasteiger charge is 2.33. The summed E-state index contributed by atoms with van der Waals surface area (Å²) >= 11 is 0. The lowest BCUT2D eigenvalue weighted by Gasteiger charge is -2.25. The van der Waals surface area contributed by atoms with Gasteiger partial charge in [-0.1, -0.05) is 39.0 Å². The Morgan fingerprint density at radius 2 is 1.88 bits per heavy atom. The van der Waals surface area contributed by atoms with Crippen molar-refractivity contribution < 1.29 is 13.9 Å². The number of amides is 1. The highest BCUT2D eigenvalue weighted by molar-refractivity contribution is 5.81. The maximum absolute atomic E-state index is 15.1. The first-order valence-electron chi connectivity index (χ1n) is 11.1. The number of carbonyl (C=O) groups is 1. The van der Waals surface area contributed by atoms with Crippen molar-refractivity contribution in [2.45, 2.75) is 33.6 Å². The van der Waals surface area contributed by atoms with Crippen molar-refractivity contribution in [2.24, 2.45) is 11.3 Å². The summed E-state index contributed by atoms with van der Waals surface area (Å²) in [6, 6.07) is 12.1. The van der Waals surface area contributed by atoms with Gasteiger partial charge in [0, 0.05) is 24.9 Å². The van der Waals surface area contributed by atoms with Gasteiger partial charge in [0.25, 0.3) is 0 Å². The second-order valence-electron chi connectivity index (χ2n) is 9.54. The molecule has 0 unspecified atom stereocenters. The molecule has 1 fully saturated rings. The van der Waals surface area contributed by atoms with E-state index < -0.39 is 16.9 Å². The van der Waals surface area contributed by atoms with Crippen LogP contribution in [0.15, 0.2) is 47.3 Å². The third-order valence-electron chi connectivity index (χ3n) is 6.04. The zero-order valence-electron chi connectivity index (χ0n) is 19.4. The van der Waals surface area contributed by atoms with Crippen LogP contribution in [-0.2, 0) is 11.2 Å². The van der Waals surface area contributed by atoms with Crippen molar-refractivity contribution >= 4 is 5.91 Å². The lowest BCUT2D eigenvalue weighted by atomic mass is 9.95. The molecule has 1 aliphatic heterocycles. The number of rotatable bonds is 5. The smallest absolute Gasteiger partial charge is 0.348 e. The van der Waals surface area contributed by atoms with E-state index in [1.54, 1.807) is 19.2 Å². The third-order valence-corrected chi connectivity index (χ3v) is 6.04. The maximum Gasteiger partial charge on any atom is 0.348 e. The number of aromatic amines is 1. The Balaban J connectivity index is 1.56. The number of ether oxygens (including phenoxy) is 1. The molecule has 1 amide bonds. The molecule has 4 rings (SSSR count). The van der Waals surface area contributed by atoms with Crippen LogP contribution >= 0.6 is 0 Å². The minimum Gasteiger partial charge on any atom is -0.497 e. The van der Waals surface area contributed by atoms with Gasteiger partial charge in [0.2, 0.25) is 5.91 Å². The number of aromatic nitrogens is 3. The van der Waals surface area contributed by atoms with Crippen LogP contribution in [0.5, 0.6) is 5.75 Å². The molecule has 0 spiro atoms. The molecular weight excluding hydrogens is 423 g/mol. The lowest BCUT2D eigenvalue weighted by Crippen LogP contribution is -2.38. The highest BCUT2D eigenvalue weighted by Crippen LogP contribution is 2.28. The Kier molecular flexibility index (Phi) is 6.10. The molecule has 33 heavy (non-hydrogen) atoms. The van der Waals surface area contributed by atoms with Crippen molar-refractivity contribution in [1.29, 1.82) is 0 Å². The standard InChI is InChI=1S/C25H29FN4O3/c1-25(2,3)23(31)29-12-11-16(15-29)13-22-27-28-24(32)30(22)21-10-7-18(14-20(21)26)17-5-8-19(33-4)9-6-17/h5-10,14,16H,11-13,15H2,1-4H3,(H,28,32)/t16-/m0/s1. The van der Waals surface area contributed by atoms with Gasteiger partial charge in [-0.3, -0.25) is 4.79 Å². The molecule has 7 nitrogen and oxygen atoms in total. The average Bonchev–Trinajstić information content (AvgIpc) is 3.39. The predicted octanol–water partition coefficient (Wildman–Crippen LogP) is 3.81. The van der Waals surface area contributed by atoms with E-state index in [0.29, 0.717) is 30.9 Å². The number of methoxy groups -OCH3 is 1. The van der Waals surface area contributed by atoms with Crippen LogP contribution in [0.3, 0.4) is 0 Å². The van der Waals surface area contributed by atoms with Crippen LogP contribution < -0.4 is 10.4 Å². The van der Waals surface area contributed by atoms with Gasteiger partial charge in [-0.2, -0.15) is 5.10 Å². The Morgan fingerprint density at radius 3 is 2.52 bits per heavy atom. The van der Waals surface area contributed by atoms with Crippen LogP contribution in [0.1, 0.15) is 33.0 Å². The first-order chi connectivity index (χ1) is 15.7. The van der Waals surface area contributed by atoms with Gasteiger partial charge in [0.05, 0.1) is 12.8 Å². The fraction of sp³-hybridized carbons (Fsp3) is 0.400. The van der Waals surface area contributed by atoms with Crippen molar-refractivity contribution in [1.82, 2.24) is 19.7 Å². The van der Waals surface area contributed by atoms with Gasteiger partial charge in [-0.25, -0.2) is 18.9 Å². The second-order valence-corrected chi connectivity index (χ2v) is 9.54. The number of H-pyrrole nitrogens is 1. The molecule has 1 aromatic heterocycles. The summed E-state index contributed by atoms with van der Waals surface area (Å²) in [5, 5.41) is 6.61. The number of carbonyl (C=O) groups excluding carboxylic acids is 1. The molecular formula is C25H29FN4O3. The van der Waals surface area contributed by atoms with Crippen LogP contribution in [0, 0.1) is 17.2 Å². The van der Waals surface area contributed by atoms with Gasteiger partial charge >= 0.3 is 5.69 Å². The minimum atomic E-state index is -0.510. The average molecular weight is 453 g/mol. The van der Waals surface area contributed by atoms with E-state index in [-0.39, 0.29) is 17.5 Å². The number of hydrogen-bond donors (Lipinski definition) is 1. The maximum atomic E-state index is 15.1. The summed E-state index contributed by atoms with van der Waals surface area (Å²) < 4.78 is 21.6. The second kappa shape index (κ2) is 8.84. The molecule has 1 saturated heterocycles. The first kappa shape index (κ1) is 22.8. The number of nitrogens with zero attached hydrogens (tertiary/aromatic N) is 3. The van der Waals surface area contributed by atoms with Crippen molar-refractivity contribution in [3.05, 3.63) is 64.6 Å². The molecule has 0 saturated carbocycles. The summed E-state index contributed by atoms with van der Waals surface area (Å²) in [6.45, 7) is 7.02. The van der Waals surface area contributed by atoms with Gasteiger partial charge in [-0.15, -0.1) is 0 Å². The summed E-state index contributed by atoms with van der Waals surface area (Å²) in [5.74, 6) is 0.951. The summed E-state index contributed by atoms with van der Waals surface area (Å²) in [6.07, 6.45) is 1.30. The van der Waals surface area contributed by atoms with Crippen LogP contribution in [0.25, 0.3) is 16.8 Å². The van der Waals surface area contributed by atoms with E-state index in [9.17, 15) is 9.59 Å². The van der Waals surface area contributed by atoms with Gasteiger partial charge < -0.3 is 9.64 Å². The number of likely N-dealkylation sites (tertiary alicyclic amines) is 1. The van der Waals surface area contributed by atoms with E-state index in [1.165, 1.54) is 10.6 Å². The minimum absolute atomic E-state index is 0.115. The molecule has 1 atom stereocenters. The molecule has 2 heterocycles. The zero-order valence-corrected chi connectivity index (χ0v) is 19.4. The van der Waals surface area contributed by atoms with Crippen molar-refractivity contribution in [3.8, 4) is 22.6 Å². The van der Waals surface area contributed by atoms with Gasteiger partial charge in [0.1, 0.15) is 17.4 Å². The lowest BCUT2D eigenvalue weighted by molar-refractivity contribution is -0.138. The summed E-state index contributed by atoms with van der Waals surface area (Å²) in [4.78, 5) is 26.9. The van der Waals surface area contributed by atoms with Crippen molar-refractivity contribution in [3.63, 3.8) is 0 Å². The number of halogens is 1. The van der Waals surface area contributed by atoms with Crippen LogP contribution in [0.2, 0.25) is 0 Å². The number of hydrogen-bond acceptors (Lipinski definition) is 4. The predicted molar refractivity (Wildman–Crippen MR) is 124 cm³/mol. The molecule has 3 aromatic rings. The fourth-order valence-corrected chi connectivity index (χ4v) is 4.28. The fourth-order valence-electron chi connectivity index (χ4n) is 4.28. The molecule has 1 aliphatic rings. The Labute approximate surface area is 192 Å². The molecule has 8 heteroatoms. The van der Waals surface area contributed by atoms with E-state index in [0.717, 1.165) is 17.7 Å². The van der Waals surface area contributed by atoms with E-state index in [1.807, 2.05) is 49.9 Å². The first-order valence-corrected chi connectivity index (χ1v) is 11.1. The molecule has 174 valence electrons. The van der Waals surface area contributed by atoms with Crippen LogP contribution in [-0.4, -0.2) is 45.8 Å². The van der Waals surface area contributed by atoms with Gasteiger partial charge in [0.15, 0.2) is 0 Å². The van der Waals surface area contributed by atoms with Crippen LogP contribution in [0.4, 0.5) is 4.39 Å². The zero-order chi connectivity index (χ0) is 23.8. The highest BCUT2D eigenvalue weighted by atomic mass is 19.1. The Hall–Kier alpha value is -3.42. The number of nitrogens with one attached hydrogen (secondary N) is 1.